The summed E-state index contributed by atoms with van der Waals surface area (Å²) < 4.78 is 0. The van der Waals surface area contributed by atoms with Crippen LogP contribution in [0.5, 0.6) is 0 Å². The lowest BCUT2D eigenvalue weighted by Gasteiger charge is -1.86. The van der Waals surface area contributed by atoms with Gasteiger partial charge in [0.2, 0.25) is 0 Å². The van der Waals surface area contributed by atoms with Crippen LogP contribution < -0.4 is 17.4 Å². The van der Waals surface area contributed by atoms with E-state index in [-0.39, 0.29) is 6.15 Å². The standard InChI is InChI=1S/C2H6N2O2.H3N/c3-4-2(6)1-5;/h5H,1,3H2,(H,4,6);1H3. The summed E-state index contributed by atoms with van der Waals surface area (Å²) in [5.74, 6) is 3.95. The van der Waals surface area contributed by atoms with Gasteiger partial charge in [0.15, 0.2) is 0 Å². The smallest absolute Gasteiger partial charge is 0.259 e. The summed E-state index contributed by atoms with van der Waals surface area (Å²) in [6.45, 7) is -0.545. The largest absolute Gasteiger partial charge is 0.386 e. The van der Waals surface area contributed by atoms with Gasteiger partial charge in [0.05, 0.1) is 0 Å². The van der Waals surface area contributed by atoms with Crippen molar-refractivity contribution in [2.75, 3.05) is 6.61 Å². The molecule has 0 unspecified atom stereocenters. The van der Waals surface area contributed by atoms with Crippen molar-refractivity contribution >= 4 is 5.91 Å². The number of hydrogen-bond acceptors (Lipinski definition) is 4. The number of nitrogens with one attached hydrogen (secondary N) is 1. The number of hydrazine groups is 1. The van der Waals surface area contributed by atoms with Crippen LogP contribution in [0.3, 0.4) is 0 Å². The molecule has 0 atom stereocenters. The quantitative estimate of drug-likeness (QED) is 0.179. The Balaban J connectivity index is 0. The number of nitrogens with two attached hydrogens (primary N) is 1. The van der Waals surface area contributed by atoms with E-state index in [1.165, 1.54) is 0 Å². The van der Waals surface area contributed by atoms with Crippen molar-refractivity contribution < 1.29 is 9.90 Å². The number of aliphatic hydroxyl groups excluding tert-OH is 1. The molecular formula is C2H9N3O2. The molecule has 0 rings (SSSR count). The summed E-state index contributed by atoms with van der Waals surface area (Å²) in [5, 5.41) is 7.84. The third-order valence-corrected chi connectivity index (χ3v) is 0.305. The van der Waals surface area contributed by atoms with Crippen molar-refractivity contribution in [2.24, 2.45) is 5.84 Å². The first-order chi connectivity index (χ1) is 2.81. The maximum atomic E-state index is 9.69. The summed E-state index contributed by atoms with van der Waals surface area (Å²) in [7, 11) is 0. The molecule has 5 nitrogen and oxygen atoms in total. The van der Waals surface area contributed by atoms with E-state index in [0.29, 0.717) is 0 Å². The molecule has 1 amide bonds. The van der Waals surface area contributed by atoms with E-state index < -0.39 is 12.5 Å². The Labute approximate surface area is 41.1 Å². The Kier molecular flexibility index (Phi) is 7.34. The third kappa shape index (κ3) is 5.35. The van der Waals surface area contributed by atoms with Gasteiger partial charge in [0.1, 0.15) is 6.61 Å². The molecule has 0 spiro atoms. The molecule has 0 saturated heterocycles. The van der Waals surface area contributed by atoms with Gasteiger partial charge in [-0.1, -0.05) is 0 Å². The molecule has 44 valence electrons. The zero-order valence-electron chi connectivity index (χ0n) is 3.85. The lowest BCUT2D eigenvalue weighted by Crippen LogP contribution is -2.32. The molecule has 0 aliphatic carbocycles. The molecule has 0 aromatic heterocycles. The molecule has 0 aliphatic rings. The second kappa shape index (κ2) is 5.35. The van der Waals surface area contributed by atoms with E-state index in [4.69, 9.17) is 5.11 Å². The first-order valence-corrected chi connectivity index (χ1v) is 1.41. The van der Waals surface area contributed by atoms with Crippen molar-refractivity contribution in [3.63, 3.8) is 0 Å². The summed E-state index contributed by atoms with van der Waals surface area (Å²) in [4.78, 5) is 9.69. The molecule has 0 fully saturated rings. The summed E-state index contributed by atoms with van der Waals surface area (Å²) in [6, 6.07) is 0. The van der Waals surface area contributed by atoms with Crippen LogP contribution in [-0.4, -0.2) is 17.6 Å². The van der Waals surface area contributed by atoms with Crippen LogP contribution >= 0.6 is 0 Å². The number of carbonyl (C=O) groups is 1. The van der Waals surface area contributed by atoms with E-state index in [1.807, 2.05) is 0 Å². The SMILES string of the molecule is N.NNC(=O)CO. The fraction of sp³-hybridized carbons (Fsp3) is 0.500. The monoisotopic (exact) mass is 107 g/mol. The highest BCUT2D eigenvalue weighted by molar-refractivity contribution is 5.76. The second-order valence-electron chi connectivity index (χ2n) is 0.726. The van der Waals surface area contributed by atoms with Gasteiger partial charge in [-0.05, 0) is 0 Å². The first-order valence-electron chi connectivity index (χ1n) is 1.41. The minimum Gasteiger partial charge on any atom is -0.386 e. The molecule has 0 heterocycles. The first kappa shape index (κ1) is 9.61. The lowest BCUT2D eigenvalue weighted by molar-refractivity contribution is -0.123. The predicted octanol–water partition coefficient (Wildman–Crippen LogP) is -1.87. The fourth-order valence-electron chi connectivity index (χ4n) is 0.0456. The Morgan fingerprint density at radius 2 is 2.29 bits per heavy atom. The molecule has 0 aromatic rings. The lowest BCUT2D eigenvalue weighted by atomic mass is 10.7. The Morgan fingerprint density at radius 3 is 2.29 bits per heavy atom. The van der Waals surface area contributed by atoms with Gasteiger partial charge in [-0.25, -0.2) is 5.84 Å². The van der Waals surface area contributed by atoms with Gasteiger partial charge >= 0.3 is 0 Å². The molecular weight excluding hydrogens is 98.0 g/mol. The molecule has 5 heteroatoms. The van der Waals surface area contributed by atoms with Gasteiger partial charge in [0, 0.05) is 0 Å². The van der Waals surface area contributed by atoms with Gasteiger partial charge in [0.25, 0.3) is 5.91 Å². The third-order valence-electron chi connectivity index (χ3n) is 0.305. The molecule has 0 saturated carbocycles. The average molecular weight is 107 g/mol. The Bertz CT molecular complexity index is 48.9. The van der Waals surface area contributed by atoms with Crippen LogP contribution in [0.15, 0.2) is 0 Å². The molecule has 0 aliphatic heterocycles. The van der Waals surface area contributed by atoms with Crippen LogP contribution in [0.4, 0.5) is 0 Å². The highest BCUT2D eigenvalue weighted by atomic mass is 16.3. The van der Waals surface area contributed by atoms with Gasteiger partial charge in [-0.2, -0.15) is 0 Å². The Morgan fingerprint density at radius 1 is 1.86 bits per heavy atom. The van der Waals surface area contributed by atoms with Crippen LogP contribution in [0.1, 0.15) is 0 Å². The van der Waals surface area contributed by atoms with Crippen molar-refractivity contribution in [1.29, 1.82) is 0 Å². The van der Waals surface area contributed by atoms with E-state index >= 15 is 0 Å². The van der Waals surface area contributed by atoms with Crippen molar-refractivity contribution in [3.8, 4) is 0 Å². The van der Waals surface area contributed by atoms with Crippen molar-refractivity contribution in [2.45, 2.75) is 0 Å². The minimum absolute atomic E-state index is 0. The van der Waals surface area contributed by atoms with E-state index in [0.717, 1.165) is 0 Å². The zero-order chi connectivity index (χ0) is 4.99. The number of carbonyl (C=O) groups excluding carboxylic acids is 1. The van der Waals surface area contributed by atoms with Crippen molar-refractivity contribution in [1.82, 2.24) is 11.6 Å². The van der Waals surface area contributed by atoms with Crippen LogP contribution in [0.25, 0.3) is 0 Å². The highest BCUT2D eigenvalue weighted by Gasteiger charge is 1.86. The molecule has 7 heavy (non-hydrogen) atoms. The number of rotatable bonds is 1. The maximum Gasteiger partial charge on any atom is 0.259 e. The molecule has 7 N–H and O–H groups in total. The van der Waals surface area contributed by atoms with Crippen LogP contribution in [-0.2, 0) is 4.79 Å². The Hall–Kier alpha value is -0.650. The van der Waals surface area contributed by atoms with Crippen molar-refractivity contribution in [3.05, 3.63) is 0 Å². The fourth-order valence-corrected chi connectivity index (χ4v) is 0.0456. The molecule has 0 bridgehead atoms. The van der Waals surface area contributed by atoms with Gasteiger partial charge < -0.3 is 11.3 Å². The molecule has 0 aromatic carbocycles. The number of hydrogen-bond donors (Lipinski definition) is 4. The van der Waals surface area contributed by atoms with Crippen LogP contribution in [0.2, 0.25) is 0 Å². The predicted molar refractivity (Wildman–Crippen MR) is 24.4 cm³/mol. The van der Waals surface area contributed by atoms with E-state index in [1.54, 1.807) is 5.43 Å². The van der Waals surface area contributed by atoms with Crippen LogP contribution in [0, 0.1) is 0 Å². The van der Waals surface area contributed by atoms with E-state index in [2.05, 4.69) is 5.84 Å². The summed E-state index contributed by atoms with van der Waals surface area (Å²) in [6.07, 6.45) is 0. The van der Waals surface area contributed by atoms with Gasteiger partial charge in [-0.15, -0.1) is 0 Å². The minimum atomic E-state index is -0.574. The number of aliphatic hydroxyl groups is 1. The number of amides is 1. The van der Waals surface area contributed by atoms with Gasteiger partial charge in [-0.3, -0.25) is 10.2 Å². The summed E-state index contributed by atoms with van der Waals surface area (Å²) in [5.41, 5.74) is 1.73. The maximum absolute atomic E-state index is 9.69. The average Bonchev–Trinajstić information content (AvgIpc) is 1.65. The normalized spacial score (nSPS) is 6.57. The summed E-state index contributed by atoms with van der Waals surface area (Å²) >= 11 is 0. The molecule has 0 radical (unpaired) electrons. The van der Waals surface area contributed by atoms with E-state index in [9.17, 15) is 4.79 Å². The topological polar surface area (TPSA) is 110 Å². The second-order valence-corrected chi connectivity index (χ2v) is 0.726. The zero-order valence-corrected chi connectivity index (χ0v) is 3.85. The highest BCUT2D eigenvalue weighted by Crippen LogP contribution is 1.48.